The largest absolute Gasteiger partial charge is 0.456 e. The lowest BCUT2D eigenvalue weighted by Crippen LogP contribution is -2.45. The number of aryl methyl sites for hydroxylation is 1. The zero-order valence-corrected chi connectivity index (χ0v) is 15.3. The van der Waals surface area contributed by atoms with Crippen molar-refractivity contribution >= 4 is 17.6 Å². The average Bonchev–Trinajstić information content (AvgIpc) is 3.35. The summed E-state index contributed by atoms with van der Waals surface area (Å²) in [6.07, 6.45) is 4.43. The predicted octanol–water partition coefficient (Wildman–Crippen LogP) is 4.40. The van der Waals surface area contributed by atoms with Crippen LogP contribution in [-0.4, -0.2) is 24.0 Å². The second kappa shape index (κ2) is 6.33. The molecule has 0 bridgehead atoms. The highest BCUT2D eigenvalue weighted by Gasteiger charge is 2.46. The summed E-state index contributed by atoms with van der Waals surface area (Å²) in [7, 11) is 0. The third kappa shape index (κ3) is 3.70. The van der Waals surface area contributed by atoms with Crippen molar-refractivity contribution in [3.63, 3.8) is 0 Å². The highest BCUT2D eigenvalue weighted by Crippen LogP contribution is 2.44. The van der Waals surface area contributed by atoms with Crippen molar-refractivity contribution in [2.24, 2.45) is 5.92 Å². The smallest absolute Gasteiger partial charge is 0.343 e. The van der Waals surface area contributed by atoms with Crippen LogP contribution in [0, 0.1) is 5.92 Å². The van der Waals surface area contributed by atoms with Gasteiger partial charge >= 0.3 is 5.97 Å². The quantitative estimate of drug-likeness (QED) is 0.744. The van der Waals surface area contributed by atoms with Gasteiger partial charge in [-0.15, -0.1) is 0 Å². The van der Waals surface area contributed by atoms with Crippen LogP contribution in [-0.2, 0) is 25.4 Å². The highest BCUT2D eigenvalue weighted by atomic mass is 35.5. The number of ether oxygens (including phenoxy) is 3. The van der Waals surface area contributed by atoms with Crippen LogP contribution in [0.25, 0.3) is 0 Å². The van der Waals surface area contributed by atoms with Crippen LogP contribution in [0.1, 0.15) is 45.1 Å². The fourth-order valence-corrected chi connectivity index (χ4v) is 3.90. The minimum absolute atomic E-state index is 0.143. The zero-order valence-electron chi connectivity index (χ0n) is 14.6. The summed E-state index contributed by atoms with van der Waals surface area (Å²) in [4.78, 5) is 12.6. The molecule has 1 fully saturated rings. The van der Waals surface area contributed by atoms with Gasteiger partial charge in [-0.3, -0.25) is 0 Å². The first-order chi connectivity index (χ1) is 11.9. The van der Waals surface area contributed by atoms with Crippen LogP contribution >= 0.6 is 11.6 Å². The lowest BCUT2D eigenvalue weighted by Gasteiger charge is -2.40. The molecule has 1 aromatic rings. The Bertz CT molecular complexity index is 720. The fraction of sp³-hybridized carbons (Fsp3) is 0.550. The van der Waals surface area contributed by atoms with Crippen LogP contribution in [0.5, 0.6) is 0 Å². The van der Waals surface area contributed by atoms with Gasteiger partial charge in [0.05, 0.1) is 12.2 Å². The molecule has 4 rings (SSSR count). The Morgan fingerprint density at radius 3 is 2.76 bits per heavy atom. The molecular formula is C20H23ClO4. The molecule has 4 nitrogen and oxygen atoms in total. The molecule has 0 spiro atoms. The molecule has 0 amide bonds. The molecule has 1 aromatic carbocycles. The van der Waals surface area contributed by atoms with Gasteiger partial charge in [0, 0.05) is 25.3 Å². The normalized spacial score (nSPS) is 28.2. The van der Waals surface area contributed by atoms with Crippen molar-refractivity contribution in [3.8, 4) is 0 Å². The number of cyclic esters (lactones) is 1. The lowest BCUT2D eigenvalue weighted by atomic mass is 9.93. The number of halogens is 1. The number of esters is 1. The van der Waals surface area contributed by atoms with E-state index >= 15 is 0 Å². The molecule has 134 valence electrons. The predicted molar refractivity (Wildman–Crippen MR) is 94.1 cm³/mol. The molecule has 0 unspecified atom stereocenters. The summed E-state index contributed by atoms with van der Waals surface area (Å²) in [5.41, 5.74) is 1.70. The van der Waals surface area contributed by atoms with Gasteiger partial charge in [0.25, 0.3) is 0 Å². The Hall–Kier alpha value is -1.52. The van der Waals surface area contributed by atoms with E-state index in [2.05, 4.69) is 0 Å². The van der Waals surface area contributed by atoms with Gasteiger partial charge in [0.1, 0.15) is 11.3 Å². The van der Waals surface area contributed by atoms with Gasteiger partial charge in [-0.2, -0.15) is 0 Å². The summed E-state index contributed by atoms with van der Waals surface area (Å²) in [5, 5.41) is 0.722. The fourth-order valence-electron chi connectivity index (χ4n) is 3.69. The first-order valence-corrected chi connectivity index (χ1v) is 9.34. The number of hydrogen-bond acceptors (Lipinski definition) is 4. The van der Waals surface area contributed by atoms with Crippen LogP contribution < -0.4 is 0 Å². The van der Waals surface area contributed by atoms with E-state index < -0.39 is 5.79 Å². The molecular weight excluding hydrogens is 340 g/mol. The van der Waals surface area contributed by atoms with Crippen LogP contribution in [0.2, 0.25) is 5.02 Å². The standard InChI is InChI=1S/C20H23ClO4/c1-20(2)24-17-11-16(13-7-8-13)23-15(18(17)19(22)25-20)9-6-12-4-3-5-14(21)10-12/h3-5,10,13,15-16H,6-9,11H2,1-2H3/t15-,16-/m0/s1. The topological polar surface area (TPSA) is 44.8 Å². The number of carbonyl (C=O) groups is 1. The van der Waals surface area contributed by atoms with E-state index in [1.165, 1.54) is 12.8 Å². The third-order valence-electron chi connectivity index (χ3n) is 5.01. The summed E-state index contributed by atoms with van der Waals surface area (Å²) >= 11 is 6.07. The van der Waals surface area contributed by atoms with Gasteiger partial charge in [-0.25, -0.2) is 4.79 Å². The van der Waals surface area contributed by atoms with E-state index in [1.54, 1.807) is 13.8 Å². The number of hydrogen-bond donors (Lipinski definition) is 0. The number of benzene rings is 1. The van der Waals surface area contributed by atoms with Crippen molar-refractivity contribution < 1.29 is 19.0 Å². The van der Waals surface area contributed by atoms with E-state index in [-0.39, 0.29) is 18.2 Å². The molecule has 2 atom stereocenters. The van der Waals surface area contributed by atoms with Gasteiger partial charge in [-0.1, -0.05) is 23.7 Å². The Kier molecular flexibility index (Phi) is 4.28. The van der Waals surface area contributed by atoms with Crippen molar-refractivity contribution in [1.29, 1.82) is 0 Å². The maximum atomic E-state index is 12.6. The van der Waals surface area contributed by atoms with E-state index in [9.17, 15) is 4.79 Å². The van der Waals surface area contributed by atoms with E-state index in [0.29, 0.717) is 24.3 Å². The summed E-state index contributed by atoms with van der Waals surface area (Å²) in [6.45, 7) is 3.55. The average molecular weight is 363 g/mol. The summed E-state index contributed by atoms with van der Waals surface area (Å²) in [5.74, 6) is 0.142. The van der Waals surface area contributed by atoms with Crippen molar-refractivity contribution in [1.82, 2.24) is 0 Å². The van der Waals surface area contributed by atoms with E-state index in [4.69, 9.17) is 25.8 Å². The monoisotopic (exact) mass is 362 g/mol. The van der Waals surface area contributed by atoms with E-state index in [0.717, 1.165) is 22.8 Å². The molecule has 2 heterocycles. The second-order valence-electron chi connectivity index (χ2n) is 7.60. The Balaban J connectivity index is 1.56. The van der Waals surface area contributed by atoms with Gasteiger partial charge in [0.2, 0.25) is 5.79 Å². The van der Waals surface area contributed by atoms with Crippen LogP contribution in [0.3, 0.4) is 0 Å². The van der Waals surface area contributed by atoms with Gasteiger partial charge < -0.3 is 14.2 Å². The molecule has 3 aliphatic rings. The Morgan fingerprint density at radius 2 is 2.04 bits per heavy atom. The first-order valence-electron chi connectivity index (χ1n) is 8.96. The molecule has 0 saturated heterocycles. The van der Waals surface area contributed by atoms with Crippen LogP contribution in [0.15, 0.2) is 35.6 Å². The number of carbonyl (C=O) groups excluding carboxylic acids is 1. The maximum Gasteiger partial charge on any atom is 0.343 e. The first kappa shape index (κ1) is 16.9. The molecule has 0 N–H and O–H groups in total. The molecule has 25 heavy (non-hydrogen) atoms. The van der Waals surface area contributed by atoms with Crippen molar-refractivity contribution in [2.75, 3.05) is 0 Å². The van der Waals surface area contributed by atoms with Crippen molar-refractivity contribution in [2.45, 2.75) is 63.9 Å². The van der Waals surface area contributed by atoms with Crippen LogP contribution in [0.4, 0.5) is 0 Å². The SMILES string of the molecule is CC1(C)OC(=O)C2=C(C[C@@H](C3CC3)O[C@H]2CCc2cccc(Cl)c2)O1. The minimum Gasteiger partial charge on any atom is -0.456 e. The van der Waals surface area contributed by atoms with Gasteiger partial charge in [0.15, 0.2) is 0 Å². The second-order valence-corrected chi connectivity index (χ2v) is 8.04. The zero-order chi connectivity index (χ0) is 17.6. The maximum absolute atomic E-state index is 12.6. The number of rotatable bonds is 4. The highest BCUT2D eigenvalue weighted by molar-refractivity contribution is 6.30. The summed E-state index contributed by atoms with van der Waals surface area (Å²) < 4.78 is 17.7. The molecule has 5 heteroatoms. The van der Waals surface area contributed by atoms with Crippen molar-refractivity contribution in [3.05, 3.63) is 46.2 Å². The minimum atomic E-state index is -0.904. The molecule has 0 radical (unpaired) electrons. The van der Waals surface area contributed by atoms with Gasteiger partial charge in [-0.05, 0) is 49.3 Å². The van der Waals surface area contributed by atoms with E-state index in [1.807, 2.05) is 24.3 Å². The molecule has 1 aliphatic carbocycles. The lowest BCUT2D eigenvalue weighted by molar-refractivity contribution is -0.217. The Labute approximate surface area is 153 Å². The molecule has 0 aromatic heterocycles. The summed E-state index contributed by atoms with van der Waals surface area (Å²) in [6, 6.07) is 7.80. The third-order valence-corrected chi connectivity index (χ3v) is 5.24. The Morgan fingerprint density at radius 1 is 1.24 bits per heavy atom. The molecule has 2 aliphatic heterocycles. The molecule has 1 saturated carbocycles.